The molecule has 1 unspecified atom stereocenters. The number of phenols is 1. The van der Waals surface area contributed by atoms with Crippen molar-refractivity contribution in [2.75, 3.05) is 26.2 Å². The molecular weight excluding hydrogens is 1260 g/mol. The first-order valence-electron chi connectivity index (χ1n) is 31.6. The van der Waals surface area contributed by atoms with E-state index in [-0.39, 0.29) is 125 Å². The number of aromatic hydroxyl groups is 1. The minimum absolute atomic E-state index is 0.0245. The molecule has 0 saturated carbocycles. The number of hydrogen-bond acceptors (Lipinski definition) is 19. The van der Waals surface area contributed by atoms with E-state index in [0.717, 1.165) is 11.8 Å². The fraction of sp³-hybridized carbons (Fsp3) is 0.617. The number of nitrogens with zero attached hydrogens (tertiary/aromatic N) is 4. The molecule has 0 bridgehead atoms. The summed E-state index contributed by atoms with van der Waals surface area (Å²) in [6.07, 6.45) is -1.96. The smallest absolute Gasteiger partial charge is 0.305 e. The van der Waals surface area contributed by atoms with Crippen molar-refractivity contribution in [3.63, 3.8) is 0 Å². The number of nitrogens with one attached hydrogen (secondary N) is 10. The Labute approximate surface area is 555 Å². The Bertz CT molecular complexity index is 2990. The largest absolute Gasteiger partial charge is 0.508 e. The van der Waals surface area contributed by atoms with Gasteiger partial charge in [-0.05, 0) is 101 Å². The number of rotatable bonds is 42. The molecule has 96 heavy (non-hydrogen) atoms. The van der Waals surface area contributed by atoms with Gasteiger partial charge in [-0.1, -0.05) is 39.8 Å². The molecular formula is C60H98N20O16. The topological polar surface area (TPSA) is 607 Å². The van der Waals surface area contributed by atoms with Crippen molar-refractivity contribution in [3.8, 4) is 5.75 Å². The summed E-state index contributed by atoms with van der Waals surface area (Å²) in [4.78, 5) is 181. The maximum absolute atomic E-state index is 14.5. The molecule has 36 heteroatoms. The molecule has 11 amide bonds. The van der Waals surface area contributed by atoms with Crippen molar-refractivity contribution in [1.82, 2.24) is 62.7 Å². The summed E-state index contributed by atoms with van der Waals surface area (Å²) in [5.41, 5.74) is 34.0. The van der Waals surface area contributed by atoms with Gasteiger partial charge in [-0.25, -0.2) is 4.98 Å². The number of carbonyl (C=O) groups is 12. The summed E-state index contributed by atoms with van der Waals surface area (Å²) in [6.45, 7) is 9.30. The highest BCUT2D eigenvalue weighted by atomic mass is 16.4. The highest BCUT2D eigenvalue weighted by Gasteiger charge is 2.44. The van der Waals surface area contributed by atoms with Crippen LogP contribution in [-0.4, -0.2) is 217 Å². The Hall–Kier alpha value is -9.71. The van der Waals surface area contributed by atoms with Crippen molar-refractivity contribution in [2.24, 2.45) is 56.2 Å². The van der Waals surface area contributed by atoms with Crippen molar-refractivity contribution in [3.05, 3.63) is 48.0 Å². The molecule has 36 nitrogen and oxygen atoms in total. The normalized spacial score (nSPS) is 16.6. The molecule has 1 aromatic carbocycles. The average Bonchev–Trinajstić information content (AvgIpc) is 1.71. The maximum atomic E-state index is 14.5. The molecule has 1 aromatic heterocycles. The fourth-order valence-electron chi connectivity index (χ4n) is 10.3. The van der Waals surface area contributed by atoms with E-state index in [2.05, 4.69) is 67.8 Å². The number of aliphatic carboxylic acids is 1. The Kier molecular flexibility index (Phi) is 34.0. The van der Waals surface area contributed by atoms with Gasteiger partial charge in [0.25, 0.3) is 0 Å². The zero-order valence-corrected chi connectivity index (χ0v) is 55.0. The lowest BCUT2D eigenvalue weighted by Crippen LogP contribution is -2.62. The number of unbranched alkanes of at least 4 members (excludes halogenated alkanes) is 1. The van der Waals surface area contributed by atoms with Gasteiger partial charge in [0.1, 0.15) is 66.2 Å². The first-order valence-corrected chi connectivity index (χ1v) is 31.6. The van der Waals surface area contributed by atoms with Crippen molar-refractivity contribution in [2.45, 2.75) is 198 Å². The molecule has 26 N–H and O–H groups in total. The second-order valence-electron chi connectivity index (χ2n) is 24.4. The van der Waals surface area contributed by atoms with Gasteiger partial charge in [0.15, 0.2) is 11.9 Å². The van der Waals surface area contributed by atoms with Crippen molar-refractivity contribution in [1.29, 1.82) is 0 Å². The van der Waals surface area contributed by atoms with Crippen LogP contribution in [0, 0.1) is 11.8 Å². The summed E-state index contributed by atoms with van der Waals surface area (Å²) in [5, 5.41) is 64.7. The fourth-order valence-corrected chi connectivity index (χ4v) is 10.3. The van der Waals surface area contributed by atoms with E-state index < -0.39 is 157 Å². The lowest BCUT2D eigenvalue weighted by Gasteiger charge is -2.31. The quantitative estimate of drug-likeness (QED) is 0.0167. The second-order valence-corrected chi connectivity index (χ2v) is 24.4. The van der Waals surface area contributed by atoms with E-state index in [1.165, 1.54) is 43.7 Å². The van der Waals surface area contributed by atoms with Crippen LogP contribution in [0.2, 0.25) is 0 Å². The lowest BCUT2D eigenvalue weighted by molar-refractivity contribution is -0.143. The number of guanidine groups is 2. The van der Waals surface area contributed by atoms with Gasteiger partial charge >= 0.3 is 5.97 Å². The molecule has 0 radical (unpaired) electrons. The molecule has 1 saturated heterocycles. The number of β-amino-alcohol motifs (C(OH)–C–C–N with tert-alkyl or cyclic N) is 1. The SMILES string of the molecule is CC(=O)N[C@@H](CC(C)C)C(=O)N[C@@H](CCCN=C(N)N)C(=O)N1CC(O)C[C@H]1C(=O)N[C@@H](Cc1cnc[nH]1)C(=O)N[C@H](C(=O)N[C@@H](CC(=O)O)C(=O)N[C@@H](CCCCN)C(=O)N[C@@H](Cc1ccc(O)cc1)C(=O)N[C@@H](CCCN=C(N)N)C(=O)N[C@@H](CC(C)C)C(N)=O)[C@@H](C)O. The molecule has 1 aliphatic heterocycles. The van der Waals surface area contributed by atoms with E-state index in [9.17, 15) is 78.0 Å². The Morgan fingerprint density at radius 3 is 1.59 bits per heavy atom. The average molecular weight is 1360 g/mol. The number of aromatic nitrogens is 2. The highest BCUT2D eigenvalue weighted by Crippen LogP contribution is 2.22. The predicted molar refractivity (Wildman–Crippen MR) is 348 cm³/mol. The van der Waals surface area contributed by atoms with Gasteiger partial charge in [0.2, 0.25) is 65.0 Å². The first-order chi connectivity index (χ1) is 45.2. The van der Waals surface area contributed by atoms with Gasteiger partial charge in [-0.15, -0.1) is 0 Å². The number of carboxylic acids is 1. The number of aromatic amines is 1. The number of likely N-dealkylation sites (tertiary alicyclic amines) is 1. The summed E-state index contributed by atoms with van der Waals surface area (Å²) < 4.78 is 0. The Morgan fingerprint density at radius 2 is 1.08 bits per heavy atom. The number of hydrogen-bond donors (Lipinski definition) is 20. The minimum Gasteiger partial charge on any atom is -0.508 e. The van der Waals surface area contributed by atoms with E-state index >= 15 is 0 Å². The van der Waals surface area contributed by atoms with Crippen LogP contribution in [0.3, 0.4) is 0 Å². The van der Waals surface area contributed by atoms with E-state index in [1.807, 2.05) is 13.8 Å². The number of carboxylic acid groups (broad SMARTS) is 1. The number of primary amides is 1. The van der Waals surface area contributed by atoms with Gasteiger partial charge < -0.3 is 113 Å². The number of phenolic OH excluding ortho intramolecular Hbond substituents is 1. The number of H-pyrrole nitrogens is 1. The molecule has 1 aliphatic rings. The number of aliphatic hydroxyl groups excluding tert-OH is 2. The lowest BCUT2D eigenvalue weighted by atomic mass is 10.0. The number of aliphatic hydroxyl groups is 2. The van der Waals surface area contributed by atoms with Gasteiger partial charge in [0.05, 0.1) is 25.0 Å². The van der Waals surface area contributed by atoms with E-state index in [0.29, 0.717) is 12.0 Å². The number of aliphatic imine (C=N–C) groups is 2. The summed E-state index contributed by atoms with van der Waals surface area (Å²) >= 11 is 0. The Morgan fingerprint density at radius 1 is 0.604 bits per heavy atom. The molecule has 2 heterocycles. The third-order valence-corrected chi connectivity index (χ3v) is 15.0. The highest BCUT2D eigenvalue weighted by molar-refractivity contribution is 6.00. The summed E-state index contributed by atoms with van der Waals surface area (Å²) in [6, 6.07) is -9.74. The summed E-state index contributed by atoms with van der Waals surface area (Å²) in [7, 11) is 0. The maximum Gasteiger partial charge on any atom is 0.305 e. The molecule has 0 spiro atoms. The van der Waals surface area contributed by atoms with Gasteiger partial charge in [-0.3, -0.25) is 67.5 Å². The van der Waals surface area contributed by atoms with E-state index in [1.54, 1.807) is 13.8 Å². The molecule has 1 fully saturated rings. The van der Waals surface area contributed by atoms with Crippen LogP contribution in [0.1, 0.15) is 123 Å². The van der Waals surface area contributed by atoms with Crippen LogP contribution in [-0.2, 0) is 70.4 Å². The zero-order valence-electron chi connectivity index (χ0n) is 55.0. The monoisotopic (exact) mass is 1350 g/mol. The van der Waals surface area contributed by atoms with Gasteiger partial charge in [-0.2, -0.15) is 0 Å². The van der Waals surface area contributed by atoms with Crippen LogP contribution in [0.15, 0.2) is 46.8 Å². The first kappa shape index (κ1) is 80.5. The summed E-state index contributed by atoms with van der Waals surface area (Å²) in [5.74, 6) is -12.8. The van der Waals surface area contributed by atoms with Crippen LogP contribution < -0.4 is 82.3 Å². The second kappa shape index (κ2) is 40.5. The van der Waals surface area contributed by atoms with E-state index in [4.69, 9.17) is 34.4 Å². The number of nitrogens with two attached hydrogens (primary N) is 6. The number of carbonyl (C=O) groups excluding carboxylic acids is 11. The van der Waals surface area contributed by atoms with Crippen molar-refractivity contribution >= 4 is 82.9 Å². The van der Waals surface area contributed by atoms with Crippen LogP contribution >= 0.6 is 0 Å². The molecule has 3 rings (SSSR count). The third kappa shape index (κ3) is 28.9. The standard InChI is InChI=1S/C60H98N20O16/c1-30(2)21-41(49(62)87)75-50(88)39(12-9-19-68-59(63)64)73-53(91)43(23-34-14-16-36(83)17-15-34)76-51(89)38(11-7-8-18-61)72-54(92)45(26-47(85)86)78-57(95)48(32(5)81)79-55(93)44(24-35-27-67-29-70-35)77-56(94)46-25-37(84)28-80(46)58(96)40(13-10-20-69-60(65)66)74-52(90)42(22-31(3)4)71-33(6)82/h14-17,27,29-32,37-46,48,81,83-84H,7-13,18-26,28,61H2,1-6H3,(H2,62,87)(H,67,70)(H,71,82)(H,72,92)(H,73,91)(H,74,90)(H,75,88)(H,76,89)(H,77,94)(H,78,95)(H,79,93)(H,85,86)(H4,63,64,68)(H4,65,66,69)/t32-,37?,38+,39+,40+,41+,42+,43+,44+,45+,46+,48+/m1/s1. The van der Waals surface area contributed by atoms with Crippen molar-refractivity contribution < 1.29 is 78.0 Å². The number of imidazole rings is 1. The van der Waals surface area contributed by atoms with Crippen LogP contribution in [0.4, 0.5) is 0 Å². The van der Waals surface area contributed by atoms with Crippen LogP contribution in [0.25, 0.3) is 0 Å². The number of benzene rings is 1. The zero-order chi connectivity index (χ0) is 71.9. The number of amides is 11. The van der Waals surface area contributed by atoms with Gasteiger partial charge in [0, 0.05) is 57.7 Å². The Balaban J connectivity index is 1.97. The van der Waals surface area contributed by atoms with Crippen LogP contribution in [0.5, 0.6) is 5.75 Å². The molecule has 2 aromatic rings. The third-order valence-electron chi connectivity index (χ3n) is 15.0. The minimum atomic E-state index is -2.04. The predicted octanol–water partition coefficient (Wildman–Crippen LogP) is -6.09. The molecule has 534 valence electrons. The molecule has 0 aliphatic carbocycles. The molecule has 12 atom stereocenters.